The fourth-order valence-electron chi connectivity index (χ4n) is 2.81. The number of nitrogens with one attached hydrogen (secondary N) is 1. The Hall–Kier alpha value is -3.25. The lowest BCUT2D eigenvalue weighted by Gasteiger charge is -2.15. The number of nitrogens with zero attached hydrogens (tertiary/aromatic N) is 3. The first-order chi connectivity index (χ1) is 13.1. The number of benzene rings is 2. The summed E-state index contributed by atoms with van der Waals surface area (Å²) < 4.78 is 15.0. The SMILES string of the molecule is O=c1c2cc(F)ccc2nc(NCc2ccccn2)n1-c1ccccc1Cl. The van der Waals surface area contributed by atoms with E-state index in [4.69, 9.17) is 11.6 Å². The Kier molecular flexibility index (Phi) is 4.56. The standard InChI is InChI=1S/C20H14ClFN4O/c21-16-6-1-2-7-18(16)26-19(27)15-11-13(22)8-9-17(15)25-20(26)24-12-14-5-3-4-10-23-14/h1-11H,12H2,(H,24,25). The lowest BCUT2D eigenvalue weighted by molar-refractivity contribution is 0.629. The second kappa shape index (κ2) is 7.17. The highest BCUT2D eigenvalue weighted by Gasteiger charge is 2.15. The number of halogens is 2. The van der Waals surface area contributed by atoms with Gasteiger partial charge in [-0.3, -0.25) is 9.78 Å². The van der Waals surface area contributed by atoms with Crippen molar-refractivity contribution in [2.75, 3.05) is 5.32 Å². The smallest absolute Gasteiger partial charge is 0.267 e. The van der Waals surface area contributed by atoms with Crippen molar-refractivity contribution in [1.29, 1.82) is 0 Å². The fraction of sp³-hybridized carbons (Fsp3) is 0.0500. The van der Waals surface area contributed by atoms with E-state index in [0.29, 0.717) is 28.7 Å². The highest BCUT2D eigenvalue weighted by molar-refractivity contribution is 6.32. The predicted octanol–water partition coefficient (Wildman–Crippen LogP) is 4.19. The molecular weight excluding hydrogens is 367 g/mol. The number of para-hydroxylation sites is 1. The molecule has 0 aliphatic heterocycles. The third-order valence-corrected chi connectivity index (χ3v) is 4.40. The topological polar surface area (TPSA) is 59.8 Å². The van der Waals surface area contributed by atoms with Gasteiger partial charge in [0, 0.05) is 6.20 Å². The van der Waals surface area contributed by atoms with Gasteiger partial charge in [0.15, 0.2) is 0 Å². The van der Waals surface area contributed by atoms with Crippen LogP contribution in [0.25, 0.3) is 16.6 Å². The molecule has 2 aromatic carbocycles. The summed E-state index contributed by atoms with van der Waals surface area (Å²) in [5.41, 5.74) is 1.24. The van der Waals surface area contributed by atoms with Crippen LogP contribution in [-0.2, 0) is 6.54 Å². The van der Waals surface area contributed by atoms with E-state index in [2.05, 4.69) is 15.3 Å². The summed E-state index contributed by atoms with van der Waals surface area (Å²) in [7, 11) is 0. The van der Waals surface area contributed by atoms with Crippen molar-refractivity contribution < 1.29 is 4.39 Å². The lowest BCUT2D eigenvalue weighted by atomic mass is 10.2. The van der Waals surface area contributed by atoms with Gasteiger partial charge in [-0.2, -0.15) is 0 Å². The van der Waals surface area contributed by atoms with E-state index in [-0.39, 0.29) is 5.39 Å². The Labute approximate surface area is 159 Å². The van der Waals surface area contributed by atoms with Crippen LogP contribution in [0.5, 0.6) is 0 Å². The van der Waals surface area contributed by atoms with Crippen LogP contribution in [0, 0.1) is 5.82 Å². The maximum Gasteiger partial charge on any atom is 0.267 e. The van der Waals surface area contributed by atoms with Crippen LogP contribution in [0.3, 0.4) is 0 Å². The van der Waals surface area contributed by atoms with E-state index in [9.17, 15) is 9.18 Å². The van der Waals surface area contributed by atoms with Gasteiger partial charge in [0.2, 0.25) is 5.95 Å². The number of hydrogen-bond acceptors (Lipinski definition) is 4. The number of aromatic nitrogens is 3. The number of fused-ring (bicyclic) bond motifs is 1. The molecule has 2 aromatic heterocycles. The average Bonchev–Trinajstić information content (AvgIpc) is 2.69. The summed E-state index contributed by atoms with van der Waals surface area (Å²) >= 11 is 6.30. The van der Waals surface area contributed by atoms with Gasteiger partial charge in [0.25, 0.3) is 5.56 Å². The maximum atomic E-state index is 13.7. The summed E-state index contributed by atoms with van der Waals surface area (Å²) in [6.45, 7) is 0.366. The van der Waals surface area contributed by atoms with E-state index < -0.39 is 11.4 Å². The van der Waals surface area contributed by atoms with Crippen molar-refractivity contribution in [2.24, 2.45) is 0 Å². The van der Waals surface area contributed by atoms with Gasteiger partial charge >= 0.3 is 0 Å². The maximum absolute atomic E-state index is 13.7. The van der Waals surface area contributed by atoms with Gasteiger partial charge in [0.05, 0.1) is 33.9 Å². The highest BCUT2D eigenvalue weighted by atomic mass is 35.5. The lowest BCUT2D eigenvalue weighted by Crippen LogP contribution is -2.24. The molecule has 0 saturated heterocycles. The van der Waals surface area contributed by atoms with Crippen molar-refractivity contribution in [3.05, 3.63) is 93.7 Å². The largest absolute Gasteiger partial charge is 0.350 e. The molecule has 134 valence electrons. The van der Waals surface area contributed by atoms with E-state index in [1.54, 1.807) is 30.5 Å². The zero-order valence-electron chi connectivity index (χ0n) is 14.1. The second-order valence-corrected chi connectivity index (χ2v) is 6.27. The van der Waals surface area contributed by atoms with Crippen molar-refractivity contribution in [1.82, 2.24) is 14.5 Å². The normalized spacial score (nSPS) is 10.9. The predicted molar refractivity (Wildman–Crippen MR) is 104 cm³/mol. The molecule has 0 atom stereocenters. The molecule has 0 radical (unpaired) electrons. The van der Waals surface area contributed by atoms with Crippen LogP contribution in [0.1, 0.15) is 5.69 Å². The van der Waals surface area contributed by atoms with Crippen LogP contribution >= 0.6 is 11.6 Å². The number of anilines is 1. The molecule has 0 bridgehead atoms. The van der Waals surface area contributed by atoms with Gasteiger partial charge in [-0.15, -0.1) is 0 Å². The molecule has 0 aliphatic rings. The molecule has 0 unspecified atom stereocenters. The first-order valence-corrected chi connectivity index (χ1v) is 8.62. The van der Waals surface area contributed by atoms with Crippen molar-refractivity contribution in [3.63, 3.8) is 0 Å². The quantitative estimate of drug-likeness (QED) is 0.577. The third kappa shape index (κ3) is 3.39. The van der Waals surface area contributed by atoms with Gasteiger partial charge in [0.1, 0.15) is 5.82 Å². The van der Waals surface area contributed by atoms with Crippen LogP contribution in [0.4, 0.5) is 10.3 Å². The number of hydrogen-bond donors (Lipinski definition) is 1. The molecule has 0 saturated carbocycles. The molecule has 5 nitrogen and oxygen atoms in total. The molecule has 0 spiro atoms. The minimum absolute atomic E-state index is 0.179. The Morgan fingerprint density at radius 3 is 2.67 bits per heavy atom. The van der Waals surface area contributed by atoms with Crippen LogP contribution in [-0.4, -0.2) is 14.5 Å². The van der Waals surface area contributed by atoms with Crippen molar-refractivity contribution in [3.8, 4) is 5.69 Å². The summed E-state index contributed by atoms with van der Waals surface area (Å²) in [5.74, 6) is -0.195. The molecule has 4 rings (SSSR count). The van der Waals surface area contributed by atoms with E-state index in [1.807, 2.05) is 18.2 Å². The van der Waals surface area contributed by atoms with Crippen LogP contribution < -0.4 is 10.9 Å². The fourth-order valence-corrected chi connectivity index (χ4v) is 3.03. The van der Waals surface area contributed by atoms with E-state index in [1.165, 1.54) is 22.8 Å². The Balaban J connectivity index is 1.90. The second-order valence-electron chi connectivity index (χ2n) is 5.86. The molecule has 0 aliphatic carbocycles. The minimum Gasteiger partial charge on any atom is -0.350 e. The molecule has 7 heteroatoms. The minimum atomic E-state index is -0.499. The van der Waals surface area contributed by atoms with Gasteiger partial charge < -0.3 is 5.32 Å². The number of rotatable bonds is 4. The highest BCUT2D eigenvalue weighted by Crippen LogP contribution is 2.23. The molecule has 1 N–H and O–H groups in total. The zero-order chi connectivity index (χ0) is 18.8. The first-order valence-electron chi connectivity index (χ1n) is 8.24. The van der Waals surface area contributed by atoms with Crippen LogP contribution in [0.2, 0.25) is 5.02 Å². The summed E-state index contributed by atoms with van der Waals surface area (Å²) in [6.07, 6.45) is 1.69. The van der Waals surface area contributed by atoms with Gasteiger partial charge in [-0.25, -0.2) is 13.9 Å². The van der Waals surface area contributed by atoms with Crippen LogP contribution in [0.15, 0.2) is 71.7 Å². The molecular formula is C20H14ClFN4O. The first kappa shape index (κ1) is 17.2. The van der Waals surface area contributed by atoms with E-state index >= 15 is 0 Å². The zero-order valence-corrected chi connectivity index (χ0v) is 14.8. The summed E-state index contributed by atoms with van der Waals surface area (Å²) in [4.78, 5) is 21.9. The van der Waals surface area contributed by atoms with E-state index in [0.717, 1.165) is 5.69 Å². The number of pyridine rings is 1. The molecule has 4 aromatic rings. The Morgan fingerprint density at radius 2 is 1.89 bits per heavy atom. The van der Waals surface area contributed by atoms with Gasteiger partial charge in [-0.05, 0) is 42.5 Å². The molecule has 27 heavy (non-hydrogen) atoms. The Morgan fingerprint density at radius 1 is 1.07 bits per heavy atom. The van der Waals surface area contributed by atoms with Crippen molar-refractivity contribution >= 4 is 28.5 Å². The Bertz CT molecular complexity index is 1180. The molecule has 0 fully saturated rings. The molecule has 2 heterocycles. The summed E-state index contributed by atoms with van der Waals surface area (Å²) in [6, 6.07) is 16.4. The molecule has 0 amide bonds. The monoisotopic (exact) mass is 380 g/mol. The average molecular weight is 381 g/mol. The van der Waals surface area contributed by atoms with Gasteiger partial charge in [-0.1, -0.05) is 29.8 Å². The van der Waals surface area contributed by atoms with Crippen molar-refractivity contribution in [2.45, 2.75) is 6.54 Å². The summed E-state index contributed by atoms with van der Waals surface area (Å²) in [5, 5.41) is 3.71. The third-order valence-electron chi connectivity index (χ3n) is 4.08.